The third-order valence-corrected chi connectivity index (χ3v) is 2.86. The molecular weight excluding hydrogens is 254 g/mol. The second kappa shape index (κ2) is 6.73. The molecule has 4 heteroatoms. The largest absolute Gasteiger partial charge is 0.481 e. The monoisotopic (exact) mass is 271 g/mol. The van der Waals surface area contributed by atoms with Crippen molar-refractivity contribution in [2.24, 2.45) is 0 Å². The minimum absolute atomic E-state index is 0.122. The Morgan fingerprint density at radius 3 is 2.50 bits per heavy atom. The SMILES string of the molecule is CC(Oc1ccccc1CO)C(=O)Nc1ccccc1. The molecule has 20 heavy (non-hydrogen) atoms. The molecule has 1 amide bonds. The summed E-state index contributed by atoms with van der Waals surface area (Å²) in [6.07, 6.45) is -0.650. The third-order valence-electron chi connectivity index (χ3n) is 2.86. The lowest BCUT2D eigenvalue weighted by atomic mass is 10.2. The fourth-order valence-corrected chi connectivity index (χ4v) is 1.76. The zero-order valence-corrected chi connectivity index (χ0v) is 11.2. The van der Waals surface area contributed by atoms with Gasteiger partial charge in [0.05, 0.1) is 6.61 Å². The summed E-state index contributed by atoms with van der Waals surface area (Å²) in [5, 5.41) is 12.0. The summed E-state index contributed by atoms with van der Waals surface area (Å²) in [7, 11) is 0. The molecule has 0 spiro atoms. The van der Waals surface area contributed by atoms with E-state index in [0.717, 1.165) is 5.69 Å². The van der Waals surface area contributed by atoms with Crippen molar-refractivity contribution in [3.8, 4) is 5.75 Å². The molecule has 4 nitrogen and oxygen atoms in total. The number of nitrogens with one attached hydrogen (secondary N) is 1. The summed E-state index contributed by atoms with van der Waals surface area (Å²) in [5.41, 5.74) is 1.38. The number of benzene rings is 2. The second-order valence-electron chi connectivity index (χ2n) is 4.38. The fraction of sp³-hybridized carbons (Fsp3) is 0.188. The van der Waals surface area contributed by atoms with Crippen molar-refractivity contribution in [3.63, 3.8) is 0 Å². The lowest BCUT2D eigenvalue weighted by Crippen LogP contribution is -2.30. The minimum atomic E-state index is -0.650. The third kappa shape index (κ3) is 3.59. The maximum Gasteiger partial charge on any atom is 0.265 e. The first-order valence-corrected chi connectivity index (χ1v) is 6.42. The highest BCUT2D eigenvalue weighted by Gasteiger charge is 2.16. The van der Waals surface area contributed by atoms with Crippen molar-refractivity contribution in [2.75, 3.05) is 5.32 Å². The second-order valence-corrected chi connectivity index (χ2v) is 4.38. The van der Waals surface area contributed by atoms with Crippen LogP contribution in [0.25, 0.3) is 0 Å². The number of ether oxygens (including phenoxy) is 1. The Morgan fingerprint density at radius 2 is 1.80 bits per heavy atom. The molecule has 0 aliphatic heterocycles. The molecule has 0 bridgehead atoms. The van der Waals surface area contributed by atoms with E-state index in [-0.39, 0.29) is 12.5 Å². The van der Waals surface area contributed by atoms with Crippen LogP contribution in [0.5, 0.6) is 5.75 Å². The van der Waals surface area contributed by atoms with Crippen molar-refractivity contribution in [1.29, 1.82) is 0 Å². The maximum absolute atomic E-state index is 12.0. The van der Waals surface area contributed by atoms with E-state index in [4.69, 9.17) is 4.74 Å². The normalized spacial score (nSPS) is 11.7. The number of anilines is 1. The van der Waals surface area contributed by atoms with Crippen LogP contribution < -0.4 is 10.1 Å². The van der Waals surface area contributed by atoms with E-state index in [1.807, 2.05) is 36.4 Å². The summed E-state index contributed by atoms with van der Waals surface area (Å²) in [6.45, 7) is 1.55. The van der Waals surface area contributed by atoms with Gasteiger partial charge < -0.3 is 15.2 Å². The number of hydrogen-bond acceptors (Lipinski definition) is 3. The van der Waals surface area contributed by atoms with Crippen LogP contribution in [0.1, 0.15) is 12.5 Å². The molecular formula is C16H17NO3. The summed E-state index contributed by atoms with van der Waals surface area (Å²) in [4.78, 5) is 12.0. The van der Waals surface area contributed by atoms with Gasteiger partial charge in [0.2, 0.25) is 0 Å². The lowest BCUT2D eigenvalue weighted by molar-refractivity contribution is -0.122. The molecule has 1 atom stereocenters. The van der Waals surface area contributed by atoms with Crippen LogP contribution in [0.4, 0.5) is 5.69 Å². The quantitative estimate of drug-likeness (QED) is 0.878. The molecule has 0 saturated carbocycles. The smallest absolute Gasteiger partial charge is 0.265 e. The first-order valence-electron chi connectivity index (χ1n) is 6.42. The average Bonchev–Trinajstić information content (AvgIpc) is 2.48. The first kappa shape index (κ1) is 14.1. The van der Waals surface area contributed by atoms with Gasteiger partial charge in [-0.2, -0.15) is 0 Å². The minimum Gasteiger partial charge on any atom is -0.481 e. The van der Waals surface area contributed by atoms with Gasteiger partial charge in [0.1, 0.15) is 5.75 Å². The zero-order chi connectivity index (χ0) is 14.4. The Hall–Kier alpha value is -2.33. The van der Waals surface area contributed by atoms with E-state index < -0.39 is 6.10 Å². The number of rotatable bonds is 5. The summed E-state index contributed by atoms with van der Waals surface area (Å²) in [6, 6.07) is 16.3. The van der Waals surface area contributed by atoms with Crippen LogP contribution in [0, 0.1) is 0 Å². The molecule has 2 N–H and O–H groups in total. The van der Waals surface area contributed by atoms with Gasteiger partial charge in [-0.15, -0.1) is 0 Å². The van der Waals surface area contributed by atoms with Crippen LogP contribution in [0.2, 0.25) is 0 Å². The van der Waals surface area contributed by atoms with Gasteiger partial charge in [-0.3, -0.25) is 4.79 Å². The Bertz CT molecular complexity index is 569. The molecule has 0 aliphatic carbocycles. The molecule has 0 aromatic heterocycles. The maximum atomic E-state index is 12.0. The lowest BCUT2D eigenvalue weighted by Gasteiger charge is -2.16. The molecule has 2 aromatic rings. The average molecular weight is 271 g/mol. The molecule has 0 aliphatic rings. The molecule has 0 fully saturated rings. The topological polar surface area (TPSA) is 58.6 Å². The van der Waals surface area contributed by atoms with Gasteiger partial charge >= 0.3 is 0 Å². The van der Waals surface area contributed by atoms with Gasteiger partial charge in [-0.1, -0.05) is 36.4 Å². The highest BCUT2D eigenvalue weighted by molar-refractivity contribution is 5.94. The number of aliphatic hydroxyl groups is 1. The number of carbonyl (C=O) groups excluding carboxylic acids is 1. The Balaban J connectivity index is 2.01. The number of para-hydroxylation sites is 2. The fourth-order valence-electron chi connectivity index (χ4n) is 1.76. The van der Waals surface area contributed by atoms with E-state index in [9.17, 15) is 9.90 Å². The first-order chi connectivity index (χ1) is 9.70. The molecule has 2 rings (SSSR count). The van der Waals surface area contributed by atoms with Gasteiger partial charge in [-0.05, 0) is 25.1 Å². The van der Waals surface area contributed by atoms with E-state index >= 15 is 0 Å². The Labute approximate surface area is 118 Å². The predicted octanol–water partition coefficient (Wildman–Crippen LogP) is 2.58. The van der Waals surface area contributed by atoms with Crippen molar-refractivity contribution in [3.05, 3.63) is 60.2 Å². The highest BCUT2D eigenvalue weighted by Crippen LogP contribution is 2.19. The Kier molecular flexibility index (Phi) is 4.74. The van der Waals surface area contributed by atoms with E-state index in [2.05, 4.69) is 5.32 Å². The van der Waals surface area contributed by atoms with Gasteiger partial charge in [0.15, 0.2) is 6.10 Å². The summed E-state index contributed by atoms with van der Waals surface area (Å²) >= 11 is 0. The van der Waals surface area contributed by atoms with E-state index in [1.54, 1.807) is 25.1 Å². The number of carbonyl (C=O) groups is 1. The summed E-state index contributed by atoms with van der Waals surface area (Å²) < 4.78 is 5.60. The molecule has 0 saturated heterocycles. The molecule has 2 aromatic carbocycles. The van der Waals surface area contributed by atoms with Gasteiger partial charge in [0.25, 0.3) is 5.91 Å². The highest BCUT2D eigenvalue weighted by atomic mass is 16.5. The van der Waals surface area contributed by atoms with Crippen LogP contribution in [-0.2, 0) is 11.4 Å². The predicted molar refractivity (Wildman–Crippen MR) is 77.5 cm³/mol. The van der Waals surface area contributed by atoms with Crippen molar-refractivity contribution in [2.45, 2.75) is 19.6 Å². The van der Waals surface area contributed by atoms with Gasteiger partial charge in [-0.25, -0.2) is 0 Å². The van der Waals surface area contributed by atoms with Crippen LogP contribution in [-0.4, -0.2) is 17.1 Å². The number of amides is 1. The van der Waals surface area contributed by atoms with E-state index in [0.29, 0.717) is 11.3 Å². The Morgan fingerprint density at radius 1 is 1.15 bits per heavy atom. The van der Waals surface area contributed by atoms with E-state index in [1.165, 1.54) is 0 Å². The molecule has 0 heterocycles. The standard InChI is InChI=1S/C16H17NO3/c1-12(16(19)17-14-8-3-2-4-9-14)20-15-10-6-5-7-13(15)11-18/h2-10,12,18H,11H2,1H3,(H,17,19). The molecule has 1 unspecified atom stereocenters. The van der Waals surface area contributed by atoms with Crippen molar-refractivity contribution in [1.82, 2.24) is 0 Å². The van der Waals surface area contributed by atoms with Crippen molar-refractivity contribution < 1.29 is 14.6 Å². The van der Waals surface area contributed by atoms with Crippen LogP contribution >= 0.6 is 0 Å². The summed E-state index contributed by atoms with van der Waals surface area (Å²) in [5.74, 6) is 0.287. The van der Waals surface area contributed by atoms with Crippen molar-refractivity contribution >= 4 is 11.6 Å². The molecule has 0 radical (unpaired) electrons. The molecule has 104 valence electrons. The zero-order valence-electron chi connectivity index (χ0n) is 11.2. The van der Waals surface area contributed by atoms with Crippen LogP contribution in [0.3, 0.4) is 0 Å². The number of aliphatic hydroxyl groups excluding tert-OH is 1. The van der Waals surface area contributed by atoms with Crippen LogP contribution in [0.15, 0.2) is 54.6 Å². The van der Waals surface area contributed by atoms with Gasteiger partial charge in [0, 0.05) is 11.3 Å². The number of hydrogen-bond donors (Lipinski definition) is 2.